The van der Waals surface area contributed by atoms with Crippen LogP contribution in [0.25, 0.3) is 27.1 Å². The van der Waals surface area contributed by atoms with Crippen molar-refractivity contribution in [2.45, 2.75) is 32.3 Å². The van der Waals surface area contributed by atoms with Crippen LogP contribution in [0, 0.1) is 6.57 Å². The van der Waals surface area contributed by atoms with Gasteiger partial charge >= 0.3 is 0 Å². The van der Waals surface area contributed by atoms with E-state index in [4.69, 9.17) is 41.1 Å². The van der Waals surface area contributed by atoms with Crippen LogP contribution in [0.2, 0.25) is 5.02 Å². The first-order valence-corrected chi connectivity index (χ1v) is 11.1. The van der Waals surface area contributed by atoms with Gasteiger partial charge in [-0.1, -0.05) is 11.6 Å². The van der Waals surface area contributed by atoms with E-state index in [-0.39, 0.29) is 5.11 Å². The zero-order valence-corrected chi connectivity index (χ0v) is 20.4. The SMILES string of the molecule is [C-]#[N+]CCc1cc2c(/C=N/N(CCC(C)(C)O)C(N)=S)cc(-c3cncn3C)nc2cc1Cl. The molecule has 2 heterocycles. The average Bonchev–Trinajstić information content (AvgIpc) is 3.16. The fourth-order valence-electron chi connectivity index (χ4n) is 3.26. The summed E-state index contributed by atoms with van der Waals surface area (Å²) in [6.07, 6.45) is 6.12. The van der Waals surface area contributed by atoms with E-state index in [9.17, 15) is 5.11 Å². The van der Waals surface area contributed by atoms with E-state index in [0.717, 1.165) is 22.2 Å². The minimum Gasteiger partial charge on any atom is -0.390 e. The number of thiocarbonyl (C=S) groups is 1. The van der Waals surface area contributed by atoms with E-state index in [1.165, 1.54) is 5.01 Å². The number of imidazole rings is 1. The van der Waals surface area contributed by atoms with Crippen molar-refractivity contribution >= 4 is 46.0 Å². The smallest absolute Gasteiger partial charge is 0.218 e. The number of aromatic nitrogens is 3. The number of hydrogen-bond acceptors (Lipinski definition) is 5. The van der Waals surface area contributed by atoms with Gasteiger partial charge < -0.3 is 20.3 Å². The molecule has 0 saturated heterocycles. The van der Waals surface area contributed by atoms with Crippen molar-refractivity contribution < 1.29 is 5.11 Å². The first kappa shape index (κ1) is 24.6. The molecule has 172 valence electrons. The van der Waals surface area contributed by atoms with Crippen LogP contribution in [-0.4, -0.2) is 54.7 Å². The largest absolute Gasteiger partial charge is 0.390 e. The average molecular weight is 484 g/mol. The van der Waals surface area contributed by atoms with E-state index in [2.05, 4.69) is 14.9 Å². The molecule has 33 heavy (non-hydrogen) atoms. The van der Waals surface area contributed by atoms with Crippen molar-refractivity contribution in [2.24, 2.45) is 17.9 Å². The number of hydrazone groups is 1. The maximum Gasteiger partial charge on any atom is 0.218 e. The van der Waals surface area contributed by atoms with Gasteiger partial charge in [0.25, 0.3) is 0 Å². The molecule has 8 nitrogen and oxygen atoms in total. The van der Waals surface area contributed by atoms with Crippen molar-refractivity contribution in [3.8, 4) is 11.4 Å². The van der Waals surface area contributed by atoms with Crippen LogP contribution in [0.4, 0.5) is 0 Å². The topological polar surface area (TPSA) is 96.9 Å². The summed E-state index contributed by atoms with van der Waals surface area (Å²) in [7, 11) is 1.90. The van der Waals surface area contributed by atoms with Crippen LogP contribution in [0.15, 0.2) is 35.8 Å². The highest BCUT2D eigenvalue weighted by Crippen LogP contribution is 2.29. The van der Waals surface area contributed by atoms with Crippen molar-refractivity contribution in [1.29, 1.82) is 0 Å². The van der Waals surface area contributed by atoms with Crippen LogP contribution in [0.5, 0.6) is 0 Å². The van der Waals surface area contributed by atoms with E-state index < -0.39 is 5.60 Å². The molecule has 0 fully saturated rings. The quantitative estimate of drug-likeness (QED) is 0.219. The second kappa shape index (κ2) is 10.3. The lowest BCUT2D eigenvalue weighted by Crippen LogP contribution is -2.35. The number of halogens is 1. The number of nitrogens with zero attached hydrogens (tertiary/aromatic N) is 6. The lowest BCUT2D eigenvalue weighted by atomic mass is 10.0. The lowest BCUT2D eigenvalue weighted by molar-refractivity contribution is 0.0649. The number of fused-ring (bicyclic) bond motifs is 1. The molecule has 0 radical (unpaired) electrons. The van der Waals surface area contributed by atoms with Crippen LogP contribution < -0.4 is 5.73 Å². The normalized spacial score (nSPS) is 11.8. The second-order valence-electron chi connectivity index (χ2n) is 8.35. The number of benzene rings is 1. The van der Waals surface area contributed by atoms with Gasteiger partial charge in [-0.25, -0.2) is 21.5 Å². The molecule has 0 saturated carbocycles. The predicted octanol–water partition coefficient (Wildman–Crippen LogP) is 3.79. The Balaban J connectivity index is 2.11. The van der Waals surface area contributed by atoms with Crippen molar-refractivity contribution in [3.63, 3.8) is 0 Å². The van der Waals surface area contributed by atoms with E-state index in [0.29, 0.717) is 42.2 Å². The molecule has 3 rings (SSSR count). The zero-order valence-electron chi connectivity index (χ0n) is 18.8. The standard InChI is InChI=1S/C23H26ClN7OS/c1-23(2,32)6-8-31(22(25)33)28-12-16-10-20(21-13-27-14-30(21)4)29-19-11-18(24)15(5-7-26-3)9-17(16)19/h9-14,32H,5-8H2,1-2,4H3,(H2,25,33)/b28-12+. The molecular formula is C23H26ClN7OS. The van der Waals surface area contributed by atoms with Gasteiger partial charge in [-0.3, -0.25) is 0 Å². The summed E-state index contributed by atoms with van der Waals surface area (Å²) in [5.41, 5.74) is 8.91. The van der Waals surface area contributed by atoms with E-state index in [1.54, 1.807) is 32.6 Å². The highest BCUT2D eigenvalue weighted by Gasteiger charge is 2.16. The Kier molecular flexibility index (Phi) is 7.64. The fraction of sp³-hybridized carbons (Fsp3) is 0.348. The third-order valence-corrected chi connectivity index (χ3v) is 5.67. The molecule has 0 atom stereocenters. The van der Waals surface area contributed by atoms with Crippen LogP contribution in [0.1, 0.15) is 31.4 Å². The summed E-state index contributed by atoms with van der Waals surface area (Å²) in [6, 6.07) is 5.68. The molecule has 3 N–H and O–H groups in total. The zero-order chi connectivity index (χ0) is 24.2. The highest BCUT2D eigenvalue weighted by atomic mass is 35.5. The third kappa shape index (κ3) is 6.26. The van der Waals surface area contributed by atoms with Crippen molar-refractivity contribution in [2.75, 3.05) is 13.1 Å². The Morgan fingerprint density at radius 2 is 2.18 bits per heavy atom. The first-order valence-electron chi connectivity index (χ1n) is 10.4. The minimum atomic E-state index is -0.872. The second-order valence-corrected chi connectivity index (χ2v) is 9.17. The van der Waals surface area contributed by atoms with Gasteiger partial charge in [0.1, 0.15) is 0 Å². The Bertz CT molecular complexity index is 1240. The molecule has 0 aliphatic rings. The molecule has 0 aliphatic heterocycles. The molecule has 3 aromatic rings. The molecule has 10 heteroatoms. The van der Waals surface area contributed by atoms with Crippen LogP contribution in [0.3, 0.4) is 0 Å². The number of aryl methyl sites for hydroxylation is 1. The summed E-state index contributed by atoms with van der Waals surface area (Å²) in [5.74, 6) is 0. The van der Waals surface area contributed by atoms with Gasteiger partial charge in [0, 0.05) is 36.0 Å². The van der Waals surface area contributed by atoms with Crippen LogP contribution >= 0.6 is 23.8 Å². The predicted molar refractivity (Wildman–Crippen MR) is 136 cm³/mol. The third-order valence-electron chi connectivity index (χ3n) is 5.11. The molecule has 2 aromatic heterocycles. The molecule has 0 unspecified atom stereocenters. The Morgan fingerprint density at radius 3 is 2.79 bits per heavy atom. The van der Waals surface area contributed by atoms with Gasteiger partial charge in [0.15, 0.2) is 5.11 Å². The van der Waals surface area contributed by atoms with Gasteiger partial charge in [0.05, 0.1) is 41.2 Å². The van der Waals surface area contributed by atoms with E-state index >= 15 is 0 Å². The molecule has 0 spiro atoms. The Labute approximate surface area is 203 Å². The van der Waals surface area contributed by atoms with Gasteiger partial charge in [-0.2, -0.15) is 5.10 Å². The summed E-state index contributed by atoms with van der Waals surface area (Å²) in [4.78, 5) is 12.4. The van der Waals surface area contributed by atoms with Crippen molar-refractivity contribution in [3.05, 3.63) is 58.3 Å². The van der Waals surface area contributed by atoms with Crippen LogP contribution in [-0.2, 0) is 13.5 Å². The number of hydrogen-bond donors (Lipinski definition) is 2. The number of rotatable bonds is 8. The summed E-state index contributed by atoms with van der Waals surface area (Å²) in [5, 5.41) is 17.6. The lowest BCUT2D eigenvalue weighted by Gasteiger charge is -2.22. The Morgan fingerprint density at radius 1 is 1.42 bits per heavy atom. The number of pyridine rings is 1. The van der Waals surface area contributed by atoms with Gasteiger partial charge in [-0.05, 0) is 56.2 Å². The molecule has 0 bridgehead atoms. The maximum atomic E-state index is 10.1. The fourth-order valence-corrected chi connectivity index (χ4v) is 3.66. The summed E-state index contributed by atoms with van der Waals surface area (Å²) in [6.45, 7) is 11.2. The monoisotopic (exact) mass is 483 g/mol. The maximum absolute atomic E-state index is 10.1. The Hall–Kier alpha value is -3.06. The summed E-state index contributed by atoms with van der Waals surface area (Å²) >= 11 is 11.6. The summed E-state index contributed by atoms with van der Waals surface area (Å²) < 4.78 is 1.88. The van der Waals surface area contributed by atoms with Crippen molar-refractivity contribution in [1.82, 2.24) is 19.5 Å². The highest BCUT2D eigenvalue weighted by molar-refractivity contribution is 7.80. The molecule has 0 amide bonds. The number of nitrogens with two attached hydrogens (primary N) is 1. The van der Waals surface area contributed by atoms with Gasteiger partial charge in [-0.15, -0.1) is 0 Å². The van der Waals surface area contributed by atoms with E-state index in [1.807, 2.05) is 29.8 Å². The molecule has 1 aromatic carbocycles. The minimum absolute atomic E-state index is 0.113. The van der Waals surface area contributed by atoms with Gasteiger partial charge in [0.2, 0.25) is 6.54 Å². The molecular weight excluding hydrogens is 458 g/mol. The molecule has 0 aliphatic carbocycles. The first-order chi connectivity index (χ1) is 15.6. The number of aliphatic hydroxyl groups is 1.